The fourth-order valence-electron chi connectivity index (χ4n) is 2.48. The van der Waals surface area contributed by atoms with E-state index in [1.165, 1.54) is 20.3 Å². The van der Waals surface area contributed by atoms with Crippen LogP contribution >= 0.6 is 0 Å². The van der Waals surface area contributed by atoms with Crippen molar-refractivity contribution >= 4 is 16.7 Å². The topological polar surface area (TPSA) is 65.0 Å². The van der Waals surface area contributed by atoms with Crippen LogP contribution in [-0.4, -0.2) is 25.3 Å². The molecule has 5 heteroatoms. The van der Waals surface area contributed by atoms with Crippen LogP contribution in [0.5, 0.6) is 23.0 Å². The lowest BCUT2D eigenvalue weighted by molar-refractivity contribution is 0.0747. The van der Waals surface area contributed by atoms with Gasteiger partial charge in [0, 0.05) is 11.5 Å². The van der Waals surface area contributed by atoms with Gasteiger partial charge in [-0.1, -0.05) is 0 Å². The van der Waals surface area contributed by atoms with Gasteiger partial charge in [0.25, 0.3) is 0 Å². The van der Waals surface area contributed by atoms with Gasteiger partial charge in [0.05, 0.1) is 19.6 Å². The zero-order valence-electron chi connectivity index (χ0n) is 10.7. The molecule has 3 rings (SSSR count). The Morgan fingerprint density at radius 2 is 1.95 bits per heavy atom. The first-order valence-electron chi connectivity index (χ1n) is 5.72. The third kappa shape index (κ3) is 1.38. The van der Waals surface area contributed by atoms with Crippen molar-refractivity contribution in [3.8, 4) is 23.0 Å². The number of ether oxygens (including phenoxy) is 3. The molecule has 5 nitrogen and oxygen atoms in total. The number of esters is 1. The Bertz CT molecular complexity index is 718. The van der Waals surface area contributed by atoms with E-state index in [0.29, 0.717) is 33.6 Å². The molecule has 0 saturated heterocycles. The van der Waals surface area contributed by atoms with Gasteiger partial charge in [-0.25, -0.2) is 4.79 Å². The Balaban J connectivity index is 2.54. The van der Waals surface area contributed by atoms with E-state index in [2.05, 4.69) is 0 Å². The van der Waals surface area contributed by atoms with Gasteiger partial charge >= 0.3 is 5.97 Å². The highest BCUT2D eigenvalue weighted by Crippen LogP contribution is 2.49. The largest absolute Gasteiger partial charge is 0.507 e. The number of benzene rings is 2. The second kappa shape index (κ2) is 3.78. The molecular weight excluding hydrogens is 248 g/mol. The van der Waals surface area contributed by atoms with Crippen LogP contribution in [0.4, 0.5) is 0 Å². The van der Waals surface area contributed by atoms with Gasteiger partial charge in [0.2, 0.25) is 0 Å². The van der Waals surface area contributed by atoms with Crippen LogP contribution in [-0.2, 0) is 0 Å². The minimum atomic E-state index is -0.499. The molecule has 2 aromatic carbocycles. The van der Waals surface area contributed by atoms with Crippen LogP contribution in [0.1, 0.15) is 15.9 Å². The van der Waals surface area contributed by atoms with E-state index < -0.39 is 5.97 Å². The molecule has 0 bridgehead atoms. The zero-order valence-corrected chi connectivity index (χ0v) is 10.7. The van der Waals surface area contributed by atoms with Crippen LogP contribution in [0.15, 0.2) is 12.1 Å². The van der Waals surface area contributed by atoms with E-state index in [4.69, 9.17) is 14.2 Å². The maximum Gasteiger partial charge on any atom is 0.348 e. The molecule has 1 aliphatic heterocycles. The first-order chi connectivity index (χ1) is 9.08. The van der Waals surface area contributed by atoms with Crippen molar-refractivity contribution < 1.29 is 24.1 Å². The molecule has 1 N–H and O–H groups in total. The third-order valence-corrected chi connectivity index (χ3v) is 3.28. The number of carbonyl (C=O) groups is 1. The second-order valence-corrected chi connectivity index (χ2v) is 4.34. The quantitative estimate of drug-likeness (QED) is 0.663. The van der Waals surface area contributed by atoms with Gasteiger partial charge in [-0.05, 0) is 18.6 Å². The molecule has 1 aliphatic rings. The molecule has 19 heavy (non-hydrogen) atoms. The highest BCUT2D eigenvalue weighted by Gasteiger charge is 2.33. The monoisotopic (exact) mass is 260 g/mol. The summed E-state index contributed by atoms with van der Waals surface area (Å²) in [5.74, 6) is 0.667. The molecule has 1 heterocycles. The highest BCUT2D eigenvalue weighted by molar-refractivity contribution is 6.17. The number of phenols is 1. The first kappa shape index (κ1) is 11.6. The fourth-order valence-corrected chi connectivity index (χ4v) is 2.48. The Labute approximate surface area is 109 Å². The van der Waals surface area contributed by atoms with E-state index in [1.807, 2.05) is 6.92 Å². The maximum atomic E-state index is 12.0. The number of hydrogen-bond donors (Lipinski definition) is 1. The van der Waals surface area contributed by atoms with E-state index >= 15 is 0 Å². The Kier molecular flexibility index (Phi) is 2.32. The lowest BCUT2D eigenvalue weighted by Crippen LogP contribution is -2.03. The number of phenolic OH excluding ortho intramolecular Hbond substituents is 1. The molecule has 0 saturated carbocycles. The van der Waals surface area contributed by atoms with Crippen LogP contribution in [0.2, 0.25) is 0 Å². The normalized spacial score (nSPS) is 12.7. The van der Waals surface area contributed by atoms with E-state index in [9.17, 15) is 9.90 Å². The van der Waals surface area contributed by atoms with Gasteiger partial charge in [-0.2, -0.15) is 0 Å². The van der Waals surface area contributed by atoms with E-state index in [-0.39, 0.29) is 5.75 Å². The summed E-state index contributed by atoms with van der Waals surface area (Å²) >= 11 is 0. The Hall–Kier alpha value is -2.43. The molecule has 0 radical (unpaired) electrons. The molecule has 98 valence electrons. The first-order valence-corrected chi connectivity index (χ1v) is 5.72. The van der Waals surface area contributed by atoms with Gasteiger partial charge in [-0.15, -0.1) is 0 Å². The summed E-state index contributed by atoms with van der Waals surface area (Å²) in [7, 11) is 2.95. The SMILES string of the molecule is COc1cc(O)c2cc(C)c(OC)c3c2c1C(=O)O3. The zero-order chi connectivity index (χ0) is 13.7. The van der Waals surface area contributed by atoms with Crippen molar-refractivity contribution in [1.82, 2.24) is 0 Å². The summed E-state index contributed by atoms with van der Waals surface area (Å²) < 4.78 is 15.7. The predicted octanol–water partition coefficient (Wildman–Crippen LogP) is 2.40. The lowest BCUT2D eigenvalue weighted by atomic mass is 10.0. The smallest absolute Gasteiger partial charge is 0.348 e. The minimum absolute atomic E-state index is 0.0425. The molecule has 0 unspecified atom stereocenters. The summed E-state index contributed by atoms with van der Waals surface area (Å²) in [6, 6.07) is 3.18. The molecule has 0 fully saturated rings. The number of methoxy groups -OCH3 is 2. The number of hydrogen-bond acceptors (Lipinski definition) is 5. The van der Waals surface area contributed by atoms with Crippen LogP contribution in [0.3, 0.4) is 0 Å². The minimum Gasteiger partial charge on any atom is -0.507 e. The third-order valence-electron chi connectivity index (χ3n) is 3.28. The number of carbonyl (C=O) groups excluding carboxylic acids is 1. The number of aromatic hydroxyl groups is 1. The van der Waals surface area contributed by atoms with E-state index in [1.54, 1.807) is 6.07 Å². The van der Waals surface area contributed by atoms with Gasteiger partial charge in [-0.3, -0.25) is 0 Å². The molecule has 0 amide bonds. The molecule has 0 spiro atoms. The average molecular weight is 260 g/mol. The van der Waals surface area contributed by atoms with Gasteiger partial charge in [0.15, 0.2) is 11.5 Å². The van der Waals surface area contributed by atoms with Gasteiger partial charge in [0.1, 0.15) is 17.1 Å². The summed E-state index contributed by atoms with van der Waals surface area (Å²) in [5.41, 5.74) is 1.11. The van der Waals surface area contributed by atoms with Crippen molar-refractivity contribution in [1.29, 1.82) is 0 Å². The molecule has 0 aliphatic carbocycles. The lowest BCUT2D eigenvalue weighted by Gasteiger charge is -2.11. The molecule has 0 aromatic heterocycles. The number of aryl methyl sites for hydroxylation is 1. The average Bonchev–Trinajstić information content (AvgIpc) is 2.72. The second-order valence-electron chi connectivity index (χ2n) is 4.34. The van der Waals surface area contributed by atoms with Gasteiger partial charge < -0.3 is 19.3 Å². The predicted molar refractivity (Wildman–Crippen MR) is 68.4 cm³/mol. The Morgan fingerprint density at radius 1 is 1.21 bits per heavy atom. The van der Waals surface area contributed by atoms with Crippen molar-refractivity contribution in [2.45, 2.75) is 6.92 Å². The standard InChI is InChI=1S/C14H12O5/c1-6-4-7-8(15)5-9(17-2)11-10(7)13(12(6)18-3)19-14(11)16/h4-5,15H,1-3H3. The summed E-state index contributed by atoms with van der Waals surface area (Å²) in [6.07, 6.45) is 0. The molecule has 0 atom stereocenters. The maximum absolute atomic E-state index is 12.0. The van der Waals surface area contributed by atoms with Crippen molar-refractivity contribution in [2.24, 2.45) is 0 Å². The van der Waals surface area contributed by atoms with Crippen LogP contribution in [0, 0.1) is 6.92 Å². The summed E-state index contributed by atoms with van der Waals surface area (Å²) in [4.78, 5) is 12.0. The fraction of sp³-hybridized carbons (Fsp3) is 0.214. The Morgan fingerprint density at radius 3 is 2.58 bits per heavy atom. The molecule has 2 aromatic rings. The number of rotatable bonds is 2. The van der Waals surface area contributed by atoms with Crippen LogP contribution < -0.4 is 14.2 Å². The van der Waals surface area contributed by atoms with Crippen molar-refractivity contribution in [3.63, 3.8) is 0 Å². The highest BCUT2D eigenvalue weighted by atomic mass is 16.6. The van der Waals surface area contributed by atoms with Crippen LogP contribution in [0.25, 0.3) is 10.8 Å². The van der Waals surface area contributed by atoms with E-state index in [0.717, 1.165) is 5.56 Å². The summed E-state index contributed by atoms with van der Waals surface area (Å²) in [6.45, 7) is 1.82. The molecular formula is C14H12O5. The van der Waals surface area contributed by atoms with Crippen molar-refractivity contribution in [3.05, 3.63) is 23.3 Å². The summed E-state index contributed by atoms with van der Waals surface area (Å²) in [5, 5.41) is 11.1. The van der Waals surface area contributed by atoms with Crippen molar-refractivity contribution in [2.75, 3.05) is 14.2 Å².